The van der Waals surface area contributed by atoms with Crippen LogP contribution in [0.25, 0.3) is 0 Å². The smallest absolute Gasteiger partial charge is 0.322 e. The number of aliphatic hydroxyl groups is 3. The molecule has 8 atom stereocenters. The zero-order chi connectivity index (χ0) is 47.6. The van der Waals surface area contributed by atoms with E-state index < -0.39 is 134 Å². The van der Waals surface area contributed by atoms with E-state index in [0.29, 0.717) is 12.8 Å². The number of ketones is 2. The van der Waals surface area contributed by atoms with Gasteiger partial charge in [-0.05, 0) is 31.7 Å². The van der Waals surface area contributed by atoms with E-state index >= 15 is 0 Å². The lowest BCUT2D eigenvalue weighted by molar-refractivity contribution is -0.145. The monoisotopic (exact) mass is 896 g/mol. The number of hydrogen-bond acceptors (Lipinski definition) is 18. The number of carboxylic acid groups (broad SMARTS) is 1. The normalized spacial score (nSPS) is 14.8. The van der Waals surface area contributed by atoms with Gasteiger partial charge < -0.3 is 68.9 Å². The lowest BCUT2D eigenvalue weighted by Crippen LogP contribution is -2.61. The number of esters is 1. The number of carbonyl (C=O) groups excluding carboxylic acids is 9. The summed E-state index contributed by atoms with van der Waals surface area (Å²) in [6.07, 6.45) is -2.31. The molecular formula is C38H60N10O15. The van der Waals surface area contributed by atoms with Gasteiger partial charge in [0, 0.05) is 32.4 Å². The molecule has 352 valence electrons. The lowest BCUT2D eigenvalue weighted by atomic mass is 9.99. The number of aliphatic hydroxyl groups excluding tert-OH is 3. The van der Waals surface area contributed by atoms with E-state index in [2.05, 4.69) is 32.1 Å². The van der Waals surface area contributed by atoms with Gasteiger partial charge in [-0.1, -0.05) is 37.3 Å². The van der Waals surface area contributed by atoms with E-state index in [9.17, 15) is 68.4 Å². The summed E-state index contributed by atoms with van der Waals surface area (Å²) in [5, 5.41) is 51.0. The number of ether oxygens (including phenoxy) is 1. The molecule has 0 radical (unpaired) electrons. The van der Waals surface area contributed by atoms with E-state index in [4.69, 9.17) is 21.9 Å². The number of carbonyl (C=O) groups is 10. The maximum atomic E-state index is 13.2. The van der Waals surface area contributed by atoms with E-state index in [0.717, 1.165) is 12.5 Å². The molecule has 1 rings (SSSR count). The molecule has 0 saturated heterocycles. The summed E-state index contributed by atoms with van der Waals surface area (Å²) in [6, 6.07) is -1.93. The molecule has 63 heavy (non-hydrogen) atoms. The van der Waals surface area contributed by atoms with Gasteiger partial charge in [-0.15, -0.1) is 0 Å². The molecule has 0 fully saturated rings. The summed E-state index contributed by atoms with van der Waals surface area (Å²) in [5.41, 5.74) is 21.7. The van der Waals surface area contributed by atoms with Crippen molar-refractivity contribution in [3.05, 3.63) is 35.9 Å². The third-order valence-electron chi connectivity index (χ3n) is 8.96. The Bertz CT molecular complexity index is 1720. The fourth-order valence-corrected chi connectivity index (χ4v) is 5.28. The molecule has 25 nitrogen and oxygen atoms in total. The summed E-state index contributed by atoms with van der Waals surface area (Å²) in [7, 11) is 0. The molecule has 17 N–H and O–H groups in total. The number of benzene rings is 1. The van der Waals surface area contributed by atoms with Crippen LogP contribution in [0.1, 0.15) is 57.9 Å². The van der Waals surface area contributed by atoms with E-state index in [1.807, 2.05) is 5.32 Å². The van der Waals surface area contributed by atoms with E-state index in [1.54, 1.807) is 30.3 Å². The van der Waals surface area contributed by atoms with Crippen LogP contribution in [0.5, 0.6) is 0 Å². The van der Waals surface area contributed by atoms with Crippen LogP contribution in [-0.4, -0.2) is 161 Å². The Morgan fingerprint density at radius 3 is 1.86 bits per heavy atom. The number of carboxylic acids is 1. The van der Waals surface area contributed by atoms with Crippen LogP contribution in [0.4, 0.5) is 0 Å². The number of amides is 6. The lowest BCUT2D eigenvalue weighted by Gasteiger charge is -2.26. The Labute approximate surface area is 362 Å². The first kappa shape index (κ1) is 55.1. The molecule has 0 heterocycles. The zero-order valence-electron chi connectivity index (χ0n) is 35.0. The van der Waals surface area contributed by atoms with Gasteiger partial charge in [0.25, 0.3) is 0 Å². The highest BCUT2D eigenvalue weighted by Crippen LogP contribution is 2.06. The van der Waals surface area contributed by atoms with Crippen molar-refractivity contribution in [1.82, 2.24) is 37.4 Å². The van der Waals surface area contributed by atoms with Crippen LogP contribution < -0.4 is 54.6 Å². The second-order valence-electron chi connectivity index (χ2n) is 14.2. The fraction of sp³-hybridized carbons (Fsp3) is 0.579. The van der Waals surface area contributed by atoms with Gasteiger partial charge in [-0.2, -0.15) is 0 Å². The topological polar surface area (TPSA) is 423 Å². The Balaban J connectivity index is 2.71. The summed E-state index contributed by atoms with van der Waals surface area (Å²) in [4.78, 5) is 124. The number of unbranched alkanes of at least 4 members (excludes halogenated alkanes) is 1. The summed E-state index contributed by atoms with van der Waals surface area (Å²) in [6.45, 7) is 0.561. The largest absolute Gasteiger partial charge is 0.480 e. The molecule has 0 aliphatic heterocycles. The minimum absolute atomic E-state index is 0.0146. The van der Waals surface area contributed by atoms with Gasteiger partial charge in [-0.25, -0.2) is 10.9 Å². The number of nitrogens with one attached hydrogen (secondary N) is 7. The molecule has 0 spiro atoms. The highest BCUT2D eigenvalue weighted by Gasteiger charge is 2.37. The number of hydrazine groups is 1. The minimum Gasteiger partial charge on any atom is -0.480 e. The highest BCUT2D eigenvalue weighted by atomic mass is 16.5. The van der Waals surface area contributed by atoms with Crippen LogP contribution in [0, 0.1) is 0 Å². The van der Waals surface area contributed by atoms with Crippen molar-refractivity contribution in [1.29, 1.82) is 0 Å². The summed E-state index contributed by atoms with van der Waals surface area (Å²) >= 11 is 0. The third kappa shape index (κ3) is 21.1. The molecule has 0 aromatic heterocycles. The van der Waals surface area contributed by atoms with Crippen molar-refractivity contribution >= 4 is 58.9 Å². The minimum atomic E-state index is -2.01. The van der Waals surface area contributed by atoms with Crippen molar-refractivity contribution in [2.75, 3.05) is 32.9 Å². The van der Waals surface area contributed by atoms with E-state index in [1.165, 1.54) is 6.92 Å². The molecule has 0 aliphatic rings. The first-order chi connectivity index (χ1) is 29.7. The number of Topliss-reactive ketones (excluding diaryl/α,β-unsaturated/α-hetero) is 2. The molecular weight excluding hydrogens is 836 g/mol. The third-order valence-corrected chi connectivity index (χ3v) is 8.96. The van der Waals surface area contributed by atoms with Gasteiger partial charge in [0.1, 0.15) is 48.9 Å². The van der Waals surface area contributed by atoms with Crippen molar-refractivity contribution in [2.24, 2.45) is 17.2 Å². The van der Waals surface area contributed by atoms with Crippen LogP contribution in [0.3, 0.4) is 0 Å². The number of nitrogens with two attached hydrogens (primary N) is 3. The highest BCUT2D eigenvalue weighted by molar-refractivity contribution is 6.41. The maximum Gasteiger partial charge on any atom is 0.322 e. The molecule has 1 aromatic rings. The second-order valence-corrected chi connectivity index (χ2v) is 14.2. The van der Waals surface area contributed by atoms with Gasteiger partial charge in [0.2, 0.25) is 47.0 Å². The van der Waals surface area contributed by atoms with Gasteiger partial charge in [-0.3, -0.25) is 47.9 Å². The Morgan fingerprint density at radius 2 is 1.30 bits per heavy atom. The van der Waals surface area contributed by atoms with Crippen LogP contribution in [0.2, 0.25) is 0 Å². The first-order valence-electron chi connectivity index (χ1n) is 19.9. The first-order valence-corrected chi connectivity index (χ1v) is 19.9. The summed E-state index contributed by atoms with van der Waals surface area (Å²) in [5.74, 6) is -10.2. The molecule has 25 heteroatoms. The molecule has 6 amide bonds. The number of hydrogen-bond donors (Lipinski definition) is 14. The Morgan fingerprint density at radius 1 is 0.714 bits per heavy atom. The van der Waals surface area contributed by atoms with Crippen molar-refractivity contribution in [3.8, 4) is 0 Å². The fourth-order valence-electron chi connectivity index (χ4n) is 5.28. The molecule has 0 bridgehead atoms. The van der Waals surface area contributed by atoms with Crippen molar-refractivity contribution < 1.29 is 73.1 Å². The number of rotatable bonds is 32. The predicted octanol–water partition coefficient (Wildman–Crippen LogP) is -6.62. The van der Waals surface area contributed by atoms with E-state index in [-0.39, 0.29) is 38.8 Å². The van der Waals surface area contributed by atoms with Crippen molar-refractivity contribution in [2.45, 2.75) is 107 Å². The molecule has 0 saturated carbocycles. The van der Waals surface area contributed by atoms with Gasteiger partial charge >= 0.3 is 11.9 Å². The average molecular weight is 897 g/mol. The second kappa shape index (κ2) is 29.4. The quantitative estimate of drug-likeness (QED) is 0.0138. The van der Waals surface area contributed by atoms with Gasteiger partial charge in [0.05, 0.1) is 25.7 Å². The van der Waals surface area contributed by atoms with Crippen LogP contribution >= 0.6 is 0 Å². The predicted molar refractivity (Wildman–Crippen MR) is 219 cm³/mol. The Hall–Kier alpha value is -5.96. The number of aliphatic carboxylic acids is 1. The van der Waals surface area contributed by atoms with Crippen LogP contribution in [0.15, 0.2) is 30.3 Å². The average Bonchev–Trinajstić information content (AvgIpc) is 3.25. The molecule has 1 aromatic carbocycles. The summed E-state index contributed by atoms with van der Waals surface area (Å²) < 4.78 is 4.78. The Kier molecular flexibility index (Phi) is 25.7. The maximum absolute atomic E-state index is 13.2. The zero-order valence-corrected chi connectivity index (χ0v) is 35.0. The molecule has 0 aliphatic carbocycles. The number of primary amides is 1. The molecule has 4 unspecified atom stereocenters. The standard InChI is InChI=1S/C38H60N10O15/c1-3-30(54)63-19-23(40)35(58)45-26(16-28(41)52)37(60)46-31(20(2)51)33(56)32(55)27(18-50)48-47-24(38(61)62)11-12-29(53)42-13-7-8-14-43-36(59)25(44-34(57)22(39)17-49)15-21-9-5-4-6-10-21/h4-6,9-10,20,22-27,31,47-51H,3,7-8,11-19,39-40H2,1-2H3,(H2,41,52)(H,42,53)(H,43,59)(H,44,57)(H,45,58)(H,46,60)(H,61,62)/t20-,22?,23?,24?,25?,26+,27+,31+/m1/s1. The van der Waals surface area contributed by atoms with Crippen molar-refractivity contribution in [3.63, 3.8) is 0 Å². The van der Waals surface area contributed by atoms with Crippen LogP contribution in [-0.2, 0) is 59.1 Å². The van der Waals surface area contributed by atoms with Gasteiger partial charge in [0.15, 0.2) is 0 Å². The SMILES string of the molecule is CCC(=O)OCC(N)C(=O)N[C@@H](CC(N)=O)C(=O)N[C@H](C(=O)C(=O)[C@H](CO)NNC(CCC(=O)NCCCCNC(=O)C(Cc1ccccc1)NC(=O)C(N)CO)C(=O)O)[C@@H](C)O.